The third-order valence-electron chi connectivity index (χ3n) is 2.64. The van der Waals surface area contributed by atoms with E-state index in [2.05, 4.69) is 26.3 Å². The number of ether oxygens (including phenoxy) is 1. The Balaban J connectivity index is 2.20. The first-order valence-corrected chi connectivity index (χ1v) is 8.59. The van der Waals surface area contributed by atoms with Crippen molar-refractivity contribution in [3.63, 3.8) is 0 Å². The number of nitrogens with one attached hydrogen (secondary N) is 3. The summed E-state index contributed by atoms with van der Waals surface area (Å²) in [6.45, 7) is 2.07. The van der Waals surface area contributed by atoms with Crippen LogP contribution in [0.1, 0.15) is 17.4 Å². The summed E-state index contributed by atoms with van der Waals surface area (Å²) in [5.41, 5.74) is 2.37. The number of aromatic amines is 1. The first-order chi connectivity index (χ1) is 10.4. The van der Waals surface area contributed by atoms with Crippen LogP contribution in [0, 0.1) is 0 Å². The van der Waals surface area contributed by atoms with Gasteiger partial charge in [-0.1, -0.05) is 15.9 Å². The van der Waals surface area contributed by atoms with Crippen molar-refractivity contribution in [2.75, 3.05) is 6.61 Å². The van der Waals surface area contributed by atoms with Gasteiger partial charge in [0.1, 0.15) is 16.3 Å². The molecule has 0 saturated heterocycles. The number of sulfonamides is 1. The Bertz CT molecular complexity index is 760. The van der Waals surface area contributed by atoms with Gasteiger partial charge in [0, 0.05) is 10.7 Å². The third kappa shape index (κ3) is 3.87. The van der Waals surface area contributed by atoms with E-state index in [1.54, 1.807) is 25.3 Å². The van der Waals surface area contributed by atoms with Crippen LogP contribution in [0.2, 0.25) is 0 Å². The smallest absolute Gasteiger partial charge is 0.282 e. The predicted octanol–water partition coefficient (Wildman–Crippen LogP) is 1.80. The van der Waals surface area contributed by atoms with E-state index in [9.17, 15) is 13.2 Å². The molecule has 0 aliphatic heterocycles. The van der Waals surface area contributed by atoms with Crippen LogP contribution in [0.3, 0.4) is 0 Å². The maximum atomic E-state index is 12.3. The Hall–Kier alpha value is -1.84. The van der Waals surface area contributed by atoms with Crippen molar-refractivity contribution < 1.29 is 17.9 Å². The van der Waals surface area contributed by atoms with Crippen LogP contribution in [0.5, 0.6) is 5.75 Å². The predicted molar refractivity (Wildman–Crippen MR) is 83.9 cm³/mol. The molecule has 0 spiro atoms. The lowest BCUT2D eigenvalue weighted by Gasteiger charge is -2.12. The van der Waals surface area contributed by atoms with Crippen molar-refractivity contribution >= 4 is 31.9 Å². The van der Waals surface area contributed by atoms with Crippen molar-refractivity contribution in [1.82, 2.24) is 15.2 Å². The number of halogens is 1. The van der Waals surface area contributed by atoms with E-state index >= 15 is 0 Å². The Labute approximate surface area is 136 Å². The van der Waals surface area contributed by atoms with E-state index in [1.165, 1.54) is 18.2 Å². The van der Waals surface area contributed by atoms with Gasteiger partial charge in [0.15, 0.2) is 0 Å². The lowest BCUT2D eigenvalue weighted by molar-refractivity contribution is 0.0940. The molecule has 1 heterocycles. The molecule has 0 fully saturated rings. The van der Waals surface area contributed by atoms with E-state index in [0.717, 1.165) is 0 Å². The Morgan fingerprint density at radius 3 is 2.77 bits per heavy atom. The zero-order valence-corrected chi connectivity index (χ0v) is 14.0. The summed E-state index contributed by atoms with van der Waals surface area (Å²) in [6, 6.07) is 7.75. The highest BCUT2D eigenvalue weighted by molar-refractivity contribution is 9.10. The number of rotatable bonds is 6. The minimum Gasteiger partial charge on any atom is -0.492 e. The monoisotopic (exact) mass is 387 g/mol. The van der Waals surface area contributed by atoms with Gasteiger partial charge in [-0.2, -0.15) is 0 Å². The van der Waals surface area contributed by atoms with Crippen molar-refractivity contribution in [3.05, 3.63) is 46.7 Å². The van der Waals surface area contributed by atoms with Crippen LogP contribution in [0.15, 0.2) is 45.9 Å². The molecule has 1 amide bonds. The quantitative estimate of drug-likeness (QED) is 0.657. The molecule has 0 aliphatic carbocycles. The summed E-state index contributed by atoms with van der Waals surface area (Å²) in [6.07, 6.45) is 1.56. The second kappa shape index (κ2) is 6.95. The molecule has 118 valence electrons. The number of aromatic nitrogens is 1. The molecule has 0 bridgehead atoms. The van der Waals surface area contributed by atoms with Gasteiger partial charge in [-0.05, 0) is 37.3 Å². The summed E-state index contributed by atoms with van der Waals surface area (Å²) >= 11 is 3.21. The molecule has 0 saturated carbocycles. The zero-order chi connectivity index (χ0) is 16.2. The number of carbonyl (C=O) groups is 1. The SMILES string of the molecule is CCOc1ccc(Br)cc1S(=O)(=O)NNC(=O)c1ccc[nH]1. The molecule has 1 aromatic carbocycles. The van der Waals surface area contributed by atoms with Crippen LogP contribution < -0.4 is 15.0 Å². The first-order valence-electron chi connectivity index (χ1n) is 6.32. The molecular formula is C13H14BrN3O4S. The van der Waals surface area contributed by atoms with Gasteiger partial charge in [-0.25, -0.2) is 8.42 Å². The number of hydrogen-bond acceptors (Lipinski definition) is 4. The third-order valence-corrected chi connectivity index (χ3v) is 4.40. The number of hydrazine groups is 1. The first kappa shape index (κ1) is 16.5. The highest BCUT2D eigenvalue weighted by atomic mass is 79.9. The van der Waals surface area contributed by atoms with Gasteiger partial charge >= 0.3 is 0 Å². The Morgan fingerprint density at radius 1 is 1.36 bits per heavy atom. The number of hydrogen-bond donors (Lipinski definition) is 3. The second-order valence-electron chi connectivity index (χ2n) is 4.17. The van der Waals surface area contributed by atoms with E-state index in [4.69, 9.17) is 4.74 Å². The highest BCUT2D eigenvalue weighted by Gasteiger charge is 2.21. The molecule has 2 rings (SSSR count). The maximum Gasteiger partial charge on any atom is 0.282 e. The molecule has 0 atom stereocenters. The minimum atomic E-state index is -3.97. The number of carbonyl (C=O) groups excluding carboxylic acids is 1. The van der Waals surface area contributed by atoms with E-state index in [0.29, 0.717) is 11.1 Å². The lowest BCUT2D eigenvalue weighted by Crippen LogP contribution is -2.41. The van der Waals surface area contributed by atoms with Gasteiger partial charge < -0.3 is 9.72 Å². The fourth-order valence-electron chi connectivity index (χ4n) is 1.67. The Morgan fingerprint density at radius 2 is 2.14 bits per heavy atom. The molecular weight excluding hydrogens is 374 g/mol. The average molecular weight is 388 g/mol. The molecule has 2 aromatic rings. The standard InChI is InChI=1S/C13H14BrN3O4S/c1-2-21-11-6-5-9(14)8-12(11)22(19,20)17-16-13(18)10-4-3-7-15-10/h3-8,15,17H,2H2,1H3,(H,16,18). The molecule has 0 radical (unpaired) electrons. The van der Waals surface area contributed by atoms with Crippen LogP contribution in [-0.4, -0.2) is 25.9 Å². The van der Waals surface area contributed by atoms with Gasteiger partial charge in [-0.3, -0.25) is 10.2 Å². The molecule has 22 heavy (non-hydrogen) atoms. The lowest BCUT2D eigenvalue weighted by atomic mass is 10.3. The van der Waals surface area contributed by atoms with Crippen molar-refractivity contribution in [3.8, 4) is 5.75 Å². The summed E-state index contributed by atoms with van der Waals surface area (Å²) in [5, 5.41) is 0. The molecule has 0 unspecified atom stereocenters. The van der Waals surface area contributed by atoms with Gasteiger partial charge in [-0.15, -0.1) is 4.83 Å². The van der Waals surface area contributed by atoms with Crippen LogP contribution in [0.25, 0.3) is 0 Å². The van der Waals surface area contributed by atoms with Crippen LogP contribution in [0.4, 0.5) is 0 Å². The van der Waals surface area contributed by atoms with Crippen molar-refractivity contribution in [2.24, 2.45) is 0 Å². The fourth-order valence-corrected chi connectivity index (χ4v) is 3.20. The summed E-state index contributed by atoms with van der Waals surface area (Å²) in [7, 11) is -3.97. The summed E-state index contributed by atoms with van der Waals surface area (Å²) < 4.78 is 30.5. The highest BCUT2D eigenvalue weighted by Crippen LogP contribution is 2.27. The minimum absolute atomic E-state index is 0.0736. The van der Waals surface area contributed by atoms with Crippen molar-refractivity contribution in [2.45, 2.75) is 11.8 Å². The molecule has 9 heteroatoms. The second-order valence-corrected chi connectivity index (χ2v) is 6.73. The average Bonchev–Trinajstić information content (AvgIpc) is 3.01. The van der Waals surface area contributed by atoms with E-state index in [-0.39, 0.29) is 16.3 Å². The molecule has 1 aromatic heterocycles. The topological polar surface area (TPSA) is 100 Å². The maximum absolute atomic E-state index is 12.3. The van der Waals surface area contributed by atoms with Crippen molar-refractivity contribution in [1.29, 1.82) is 0 Å². The number of amides is 1. The summed E-state index contributed by atoms with van der Waals surface area (Å²) in [4.78, 5) is 16.4. The Kier molecular flexibility index (Phi) is 5.22. The molecule has 7 nitrogen and oxygen atoms in total. The summed E-state index contributed by atoms with van der Waals surface area (Å²) in [5.74, 6) is -0.395. The fraction of sp³-hybridized carbons (Fsp3) is 0.154. The van der Waals surface area contributed by atoms with Gasteiger partial charge in [0.25, 0.3) is 15.9 Å². The van der Waals surface area contributed by atoms with Crippen LogP contribution >= 0.6 is 15.9 Å². The zero-order valence-electron chi connectivity index (χ0n) is 11.6. The largest absolute Gasteiger partial charge is 0.492 e. The molecule has 3 N–H and O–H groups in total. The van der Waals surface area contributed by atoms with E-state index in [1.807, 2.05) is 4.83 Å². The van der Waals surface area contributed by atoms with Gasteiger partial charge in [0.2, 0.25) is 0 Å². The van der Waals surface area contributed by atoms with Gasteiger partial charge in [0.05, 0.1) is 6.61 Å². The molecule has 0 aliphatic rings. The normalized spacial score (nSPS) is 11.2. The van der Waals surface area contributed by atoms with E-state index < -0.39 is 15.9 Å². The van der Waals surface area contributed by atoms with Crippen LogP contribution in [-0.2, 0) is 10.0 Å². The number of H-pyrrole nitrogens is 1. The number of benzene rings is 1.